The number of para-hydroxylation sites is 1. The van der Waals surface area contributed by atoms with E-state index >= 15 is 0 Å². The number of benzene rings is 2. The molecule has 0 atom stereocenters. The lowest BCUT2D eigenvalue weighted by Crippen LogP contribution is -2.14. The van der Waals surface area contributed by atoms with Crippen molar-refractivity contribution >= 4 is 17.3 Å². The summed E-state index contributed by atoms with van der Waals surface area (Å²) in [6.45, 7) is 1.51. The van der Waals surface area contributed by atoms with E-state index in [4.69, 9.17) is 4.74 Å². The molecule has 0 saturated heterocycles. The van der Waals surface area contributed by atoms with Gasteiger partial charge in [0.25, 0.3) is 0 Å². The third kappa shape index (κ3) is 5.56. The third-order valence-corrected chi connectivity index (χ3v) is 3.96. The van der Waals surface area contributed by atoms with Gasteiger partial charge in [-0.15, -0.1) is 11.8 Å². The Morgan fingerprint density at radius 2 is 1.70 bits per heavy atom. The molecular weight excluding hydrogens is 325 g/mol. The van der Waals surface area contributed by atoms with Gasteiger partial charge < -0.3 is 9.84 Å². The Hall–Kier alpha value is -2.08. The lowest BCUT2D eigenvalue weighted by Gasteiger charge is -2.18. The molecule has 0 amide bonds. The molecule has 2 aromatic rings. The molecule has 0 aliphatic heterocycles. The number of hydrogen-bond donors (Lipinski definition) is 0. The summed E-state index contributed by atoms with van der Waals surface area (Å²) in [6.07, 6.45) is -4.36. The number of allylic oxidation sites excluding steroid dienone is 1. The molecule has 0 saturated carbocycles. The molecule has 2 rings (SSSR count). The van der Waals surface area contributed by atoms with E-state index in [1.54, 1.807) is 36.4 Å². The van der Waals surface area contributed by atoms with Crippen molar-refractivity contribution < 1.29 is 23.0 Å². The van der Waals surface area contributed by atoms with E-state index in [0.29, 0.717) is 17.1 Å². The number of thioether (sulfide) groups is 1. The molecule has 0 aliphatic carbocycles. The molecule has 0 bridgehead atoms. The quantitative estimate of drug-likeness (QED) is 0.732. The Labute approximate surface area is 136 Å². The molecule has 23 heavy (non-hydrogen) atoms. The van der Waals surface area contributed by atoms with Crippen LogP contribution in [0.25, 0.3) is 5.57 Å². The predicted octanol–water partition coefficient (Wildman–Crippen LogP) is 4.82. The van der Waals surface area contributed by atoms with Crippen LogP contribution in [0.3, 0.4) is 0 Å². The average molecular weight is 339 g/mol. The van der Waals surface area contributed by atoms with Crippen LogP contribution in [0, 0.1) is 0 Å². The Morgan fingerprint density at radius 1 is 1.04 bits per heavy atom. The zero-order chi connectivity index (χ0) is 16.9. The van der Waals surface area contributed by atoms with Crippen LogP contribution in [-0.2, 0) is 0 Å². The largest absolute Gasteiger partial charge is 0.868 e. The van der Waals surface area contributed by atoms with E-state index in [9.17, 15) is 18.3 Å². The van der Waals surface area contributed by atoms with E-state index in [1.807, 2.05) is 18.2 Å². The van der Waals surface area contributed by atoms with Crippen LogP contribution in [0.1, 0.15) is 12.5 Å². The number of halogens is 3. The second-order valence-electron chi connectivity index (χ2n) is 4.76. The van der Waals surface area contributed by atoms with Gasteiger partial charge in [-0.3, -0.25) is 0 Å². The topological polar surface area (TPSA) is 32.3 Å². The van der Waals surface area contributed by atoms with Crippen LogP contribution in [0.15, 0.2) is 59.7 Å². The predicted molar refractivity (Wildman–Crippen MR) is 84.1 cm³/mol. The first-order valence-corrected chi connectivity index (χ1v) is 7.74. The van der Waals surface area contributed by atoms with Crippen molar-refractivity contribution in [3.05, 3.63) is 65.3 Å². The van der Waals surface area contributed by atoms with Gasteiger partial charge >= 0.3 is 6.18 Å². The lowest BCUT2D eigenvalue weighted by atomic mass is 10.1. The van der Waals surface area contributed by atoms with Crippen molar-refractivity contribution in [1.29, 1.82) is 0 Å². The van der Waals surface area contributed by atoms with Crippen molar-refractivity contribution in [2.45, 2.75) is 13.1 Å². The van der Waals surface area contributed by atoms with Crippen LogP contribution in [0.5, 0.6) is 11.5 Å². The summed E-state index contributed by atoms with van der Waals surface area (Å²) in [4.78, 5) is 0. The van der Waals surface area contributed by atoms with E-state index in [2.05, 4.69) is 0 Å². The number of hydrogen-bond acceptors (Lipinski definition) is 3. The monoisotopic (exact) mass is 339 g/mol. The standard InChI is InChI=1S/C17H15F3O2S/c1-12(16(21)23-11-17(18,19)20)13-6-5-9-15(10-13)22-14-7-3-2-4-8-14/h2-10,21H,11H2,1H3/p-1/b16-12-. The highest BCUT2D eigenvalue weighted by atomic mass is 32.2. The van der Waals surface area contributed by atoms with Crippen LogP contribution in [0.2, 0.25) is 0 Å². The van der Waals surface area contributed by atoms with Gasteiger partial charge in [0.2, 0.25) is 0 Å². The molecule has 0 unspecified atom stereocenters. The lowest BCUT2D eigenvalue weighted by molar-refractivity contribution is -0.283. The number of rotatable bonds is 5. The normalized spacial score (nSPS) is 12.7. The first kappa shape index (κ1) is 17.3. The molecule has 0 aromatic heterocycles. The minimum absolute atomic E-state index is 0.254. The minimum atomic E-state index is -4.36. The molecule has 0 N–H and O–H groups in total. The van der Waals surface area contributed by atoms with Crippen LogP contribution in [-0.4, -0.2) is 11.9 Å². The minimum Gasteiger partial charge on any atom is -0.868 e. The second-order valence-corrected chi connectivity index (χ2v) is 5.71. The number of ether oxygens (including phenoxy) is 1. The molecule has 0 aliphatic rings. The average Bonchev–Trinajstić information content (AvgIpc) is 2.52. The molecule has 0 spiro atoms. The van der Waals surface area contributed by atoms with Crippen LogP contribution < -0.4 is 9.84 Å². The Morgan fingerprint density at radius 3 is 2.35 bits per heavy atom. The molecule has 0 fully saturated rings. The number of alkyl halides is 3. The Kier molecular flexibility index (Phi) is 5.60. The summed E-state index contributed by atoms with van der Waals surface area (Å²) in [5, 5.41) is 11.2. The summed E-state index contributed by atoms with van der Waals surface area (Å²) in [6, 6.07) is 15.8. The zero-order valence-electron chi connectivity index (χ0n) is 12.3. The summed E-state index contributed by atoms with van der Waals surface area (Å²) < 4.78 is 42.2. The van der Waals surface area contributed by atoms with Crippen molar-refractivity contribution in [1.82, 2.24) is 0 Å². The molecular formula is C17H14F3O2S-. The molecule has 2 aromatic carbocycles. The zero-order valence-corrected chi connectivity index (χ0v) is 13.1. The van der Waals surface area contributed by atoms with E-state index in [0.717, 1.165) is 0 Å². The van der Waals surface area contributed by atoms with Crippen LogP contribution in [0.4, 0.5) is 13.2 Å². The summed E-state index contributed by atoms with van der Waals surface area (Å²) in [5.74, 6) is -0.0367. The van der Waals surface area contributed by atoms with Gasteiger partial charge in [0, 0.05) is 0 Å². The van der Waals surface area contributed by atoms with Gasteiger partial charge in [-0.1, -0.05) is 35.4 Å². The van der Waals surface area contributed by atoms with Crippen molar-refractivity contribution in [3.63, 3.8) is 0 Å². The fraction of sp³-hybridized carbons (Fsp3) is 0.176. The smallest absolute Gasteiger partial charge is 0.398 e. The molecule has 0 heterocycles. The first-order valence-electron chi connectivity index (χ1n) is 6.76. The van der Waals surface area contributed by atoms with Gasteiger partial charge in [0.15, 0.2) is 0 Å². The van der Waals surface area contributed by atoms with E-state index < -0.39 is 17.0 Å². The van der Waals surface area contributed by atoms with E-state index in [1.165, 1.54) is 6.92 Å². The van der Waals surface area contributed by atoms with Gasteiger partial charge in [0.1, 0.15) is 11.5 Å². The molecule has 0 radical (unpaired) electrons. The maximum Gasteiger partial charge on any atom is 0.398 e. The Balaban J connectivity index is 2.15. The van der Waals surface area contributed by atoms with Gasteiger partial charge in [-0.05, 0) is 42.3 Å². The first-order chi connectivity index (χ1) is 10.8. The summed E-state index contributed by atoms with van der Waals surface area (Å²) >= 11 is 0.254. The van der Waals surface area contributed by atoms with Gasteiger partial charge in [-0.2, -0.15) is 13.2 Å². The fourth-order valence-corrected chi connectivity index (χ4v) is 2.42. The van der Waals surface area contributed by atoms with Crippen molar-refractivity contribution in [3.8, 4) is 11.5 Å². The Bertz CT molecular complexity index is 682. The molecule has 6 heteroatoms. The molecule has 122 valence electrons. The van der Waals surface area contributed by atoms with E-state index in [-0.39, 0.29) is 17.3 Å². The molecule has 2 nitrogen and oxygen atoms in total. The van der Waals surface area contributed by atoms with Crippen molar-refractivity contribution in [2.24, 2.45) is 0 Å². The summed E-state index contributed by atoms with van der Waals surface area (Å²) in [5.41, 5.74) is 0.802. The van der Waals surface area contributed by atoms with Gasteiger partial charge in [-0.25, -0.2) is 0 Å². The van der Waals surface area contributed by atoms with Gasteiger partial charge in [0.05, 0.1) is 5.75 Å². The highest BCUT2D eigenvalue weighted by Crippen LogP contribution is 2.30. The second kappa shape index (κ2) is 7.46. The summed E-state index contributed by atoms with van der Waals surface area (Å²) in [7, 11) is 0. The highest BCUT2D eigenvalue weighted by Gasteiger charge is 2.26. The maximum absolute atomic E-state index is 12.2. The fourth-order valence-electron chi connectivity index (χ4n) is 1.79. The van der Waals surface area contributed by atoms with Crippen molar-refractivity contribution in [2.75, 3.05) is 5.75 Å². The van der Waals surface area contributed by atoms with Crippen LogP contribution >= 0.6 is 11.8 Å². The third-order valence-electron chi connectivity index (χ3n) is 2.92. The highest BCUT2D eigenvalue weighted by molar-refractivity contribution is 8.03. The SMILES string of the molecule is C/C(=C(\[O-])SCC(F)(F)F)c1cccc(Oc2ccccc2)c1. The maximum atomic E-state index is 12.2.